The lowest BCUT2D eigenvalue weighted by atomic mass is 10.0. The van der Waals surface area contributed by atoms with Gasteiger partial charge < -0.3 is 15.5 Å². The molecular formula is C25H33ClN4OS. The number of nitrogens with zero attached hydrogens (tertiary/aromatic N) is 2. The standard InChI is InChI=1S/C25H33ClN4OS/c1-3-19-10-7-11-20(4-2)24(19)28-23(31)18-29-13-8-14-30(16-15-29)25(32)27-17-21-9-5-6-12-22(21)26/h5-7,9-12H,3-4,8,13-18H2,1-2H3,(H,27,32)(H,28,31). The van der Waals surface area contributed by atoms with E-state index in [2.05, 4.69) is 52.5 Å². The molecule has 0 radical (unpaired) electrons. The van der Waals surface area contributed by atoms with Crippen molar-refractivity contribution in [1.29, 1.82) is 0 Å². The topological polar surface area (TPSA) is 47.6 Å². The van der Waals surface area contributed by atoms with E-state index in [9.17, 15) is 4.79 Å². The molecule has 7 heteroatoms. The van der Waals surface area contributed by atoms with Crippen molar-refractivity contribution in [3.8, 4) is 0 Å². The summed E-state index contributed by atoms with van der Waals surface area (Å²) in [4.78, 5) is 17.2. The highest BCUT2D eigenvalue weighted by atomic mass is 35.5. The molecule has 0 saturated carbocycles. The van der Waals surface area contributed by atoms with Crippen LogP contribution in [0.15, 0.2) is 42.5 Å². The molecule has 0 unspecified atom stereocenters. The molecule has 1 amide bonds. The second-order valence-corrected chi connectivity index (χ2v) is 8.87. The average Bonchev–Trinajstić information content (AvgIpc) is 3.04. The highest BCUT2D eigenvalue weighted by Crippen LogP contribution is 2.22. The SMILES string of the molecule is CCc1cccc(CC)c1NC(=O)CN1CCCN(C(=S)NCc2ccccc2Cl)CC1. The lowest BCUT2D eigenvalue weighted by Crippen LogP contribution is -2.42. The summed E-state index contributed by atoms with van der Waals surface area (Å²) in [5.41, 5.74) is 4.40. The van der Waals surface area contributed by atoms with E-state index in [1.807, 2.05) is 24.3 Å². The van der Waals surface area contributed by atoms with Crippen LogP contribution in [0.3, 0.4) is 0 Å². The second-order valence-electron chi connectivity index (χ2n) is 8.07. The first-order valence-electron chi connectivity index (χ1n) is 11.4. The summed E-state index contributed by atoms with van der Waals surface area (Å²) in [6, 6.07) is 14.0. The number of carbonyl (C=O) groups excluding carboxylic acids is 1. The Hall–Kier alpha value is -2.15. The van der Waals surface area contributed by atoms with E-state index in [1.54, 1.807) is 0 Å². The number of rotatable bonds is 7. The minimum Gasteiger partial charge on any atom is -0.358 e. The Morgan fingerprint density at radius 2 is 1.66 bits per heavy atom. The number of benzene rings is 2. The fourth-order valence-electron chi connectivity index (χ4n) is 4.04. The third-order valence-electron chi connectivity index (χ3n) is 5.89. The summed E-state index contributed by atoms with van der Waals surface area (Å²) in [7, 11) is 0. The number of halogens is 1. The number of aryl methyl sites for hydroxylation is 2. The molecule has 0 aliphatic carbocycles. The second kappa shape index (κ2) is 12.2. The minimum atomic E-state index is 0.0495. The molecule has 0 spiro atoms. The zero-order chi connectivity index (χ0) is 22.9. The Kier molecular flexibility index (Phi) is 9.33. The van der Waals surface area contributed by atoms with E-state index in [1.165, 1.54) is 11.1 Å². The molecule has 1 saturated heterocycles. The summed E-state index contributed by atoms with van der Waals surface area (Å²) in [5.74, 6) is 0.0495. The fourth-order valence-corrected chi connectivity index (χ4v) is 4.50. The van der Waals surface area contributed by atoms with Gasteiger partial charge in [-0.05, 0) is 54.2 Å². The van der Waals surface area contributed by atoms with Crippen molar-refractivity contribution < 1.29 is 4.79 Å². The maximum absolute atomic E-state index is 12.8. The van der Waals surface area contributed by atoms with E-state index in [0.29, 0.717) is 13.1 Å². The molecule has 1 fully saturated rings. The molecule has 5 nitrogen and oxygen atoms in total. The molecule has 3 rings (SSSR count). The van der Waals surface area contributed by atoms with Gasteiger partial charge in [-0.1, -0.05) is 61.8 Å². The normalized spacial score (nSPS) is 14.7. The predicted molar refractivity (Wildman–Crippen MR) is 137 cm³/mol. The van der Waals surface area contributed by atoms with Gasteiger partial charge in [0.2, 0.25) is 5.91 Å². The third kappa shape index (κ3) is 6.67. The van der Waals surface area contributed by atoms with Gasteiger partial charge in [0.1, 0.15) is 0 Å². The van der Waals surface area contributed by atoms with Gasteiger partial charge in [0, 0.05) is 43.4 Å². The zero-order valence-corrected chi connectivity index (χ0v) is 20.6. The molecule has 2 aromatic carbocycles. The Balaban J connectivity index is 1.50. The molecule has 32 heavy (non-hydrogen) atoms. The summed E-state index contributed by atoms with van der Waals surface area (Å²) in [5, 5.41) is 7.99. The number of thiocarbonyl (C=S) groups is 1. The molecule has 1 heterocycles. The molecule has 2 N–H and O–H groups in total. The van der Waals surface area contributed by atoms with Crippen LogP contribution in [0, 0.1) is 0 Å². The zero-order valence-electron chi connectivity index (χ0n) is 19.0. The third-order valence-corrected chi connectivity index (χ3v) is 6.67. The quantitative estimate of drug-likeness (QED) is 0.581. The number of amides is 1. The monoisotopic (exact) mass is 472 g/mol. The molecule has 2 aromatic rings. The van der Waals surface area contributed by atoms with Crippen molar-refractivity contribution in [3.05, 3.63) is 64.2 Å². The van der Waals surface area contributed by atoms with Gasteiger partial charge in [-0.3, -0.25) is 9.69 Å². The van der Waals surface area contributed by atoms with Crippen molar-refractivity contribution in [2.24, 2.45) is 0 Å². The van der Waals surface area contributed by atoms with E-state index in [0.717, 1.165) is 66.8 Å². The first-order valence-corrected chi connectivity index (χ1v) is 12.2. The van der Waals surface area contributed by atoms with Gasteiger partial charge in [0.25, 0.3) is 0 Å². The number of anilines is 1. The van der Waals surface area contributed by atoms with Crippen LogP contribution in [0.4, 0.5) is 5.69 Å². The van der Waals surface area contributed by atoms with Crippen molar-refractivity contribution in [2.45, 2.75) is 39.7 Å². The van der Waals surface area contributed by atoms with Crippen LogP contribution in [0.2, 0.25) is 5.02 Å². The van der Waals surface area contributed by atoms with E-state index < -0.39 is 0 Å². The Morgan fingerprint density at radius 3 is 2.34 bits per heavy atom. The molecule has 0 atom stereocenters. The number of para-hydroxylation sites is 1. The van der Waals surface area contributed by atoms with Crippen molar-refractivity contribution in [2.75, 3.05) is 38.0 Å². The molecule has 1 aliphatic rings. The summed E-state index contributed by atoms with van der Waals surface area (Å²) in [6.45, 7) is 8.61. The number of hydrogen-bond acceptors (Lipinski definition) is 3. The number of hydrogen-bond donors (Lipinski definition) is 2. The van der Waals surface area contributed by atoms with Crippen LogP contribution in [-0.4, -0.2) is 53.5 Å². The predicted octanol–water partition coefficient (Wildman–Crippen LogP) is 4.49. The van der Waals surface area contributed by atoms with E-state index >= 15 is 0 Å². The molecule has 1 aliphatic heterocycles. The van der Waals surface area contributed by atoms with Crippen molar-refractivity contribution >= 4 is 40.5 Å². The highest BCUT2D eigenvalue weighted by Gasteiger charge is 2.19. The van der Waals surface area contributed by atoms with Gasteiger partial charge in [0.15, 0.2) is 5.11 Å². The number of carbonyl (C=O) groups is 1. The van der Waals surface area contributed by atoms with E-state index in [4.69, 9.17) is 23.8 Å². The van der Waals surface area contributed by atoms with Crippen molar-refractivity contribution in [3.63, 3.8) is 0 Å². The molecule has 0 aromatic heterocycles. The first kappa shape index (κ1) is 24.5. The van der Waals surface area contributed by atoms with E-state index in [-0.39, 0.29) is 5.91 Å². The minimum absolute atomic E-state index is 0.0495. The fraction of sp³-hybridized carbons (Fsp3) is 0.440. The highest BCUT2D eigenvalue weighted by molar-refractivity contribution is 7.80. The smallest absolute Gasteiger partial charge is 0.238 e. The first-order chi connectivity index (χ1) is 15.5. The van der Waals surface area contributed by atoms with Crippen LogP contribution >= 0.6 is 23.8 Å². The Labute approximate surface area is 202 Å². The number of nitrogens with one attached hydrogen (secondary N) is 2. The van der Waals surface area contributed by atoms with Gasteiger partial charge in [-0.2, -0.15) is 0 Å². The van der Waals surface area contributed by atoms with Crippen LogP contribution in [0.5, 0.6) is 0 Å². The van der Waals surface area contributed by atoms with Gasteiger partial charge in [0.05, 0.1) is 6.54 Å². The van der Waals surface area contributed by atoms with Crippen LogP contribution < -0.4 is 10.6 Å². The van der Waals surface area contributed by atoms with Crippen LogP contribution in [-0.2, 0) is 24.2 Å². The summed E-state index contributed by atoms with van der Waals surface area (Å²) >= 11 is 11.9. The summed E-state index contributed by atoms with van der Waals surface area (Å²) < 4.78 is 0. The van der Waals surface area contributed by atoms with Gasteiger partial charge in [-0.25, -0.2) is 0 Å². The maximum atomic E-state index is 12.8. The molecule has 0 bridgehead atoms. The van der Waals surface area contributed by atoms with Gasteiger partial charge >= 0.3 is 0 Å². The van der Waals surface area contributed by atoms with Crippen LogP contribution in [0.1, 0.15) is 37.0 Å². The van der Waals surface area contributed by atoms with Crippen molar-refractivity contribution in [1.82, 2.24) is 15.1 Å². The maximum Gasteiger partial charge on any atom is 0.238 e. The largest absolute Gasteiger partial charge is 0.358 e. The lowest BCUT2D eigenvalue weighted by molar-refractivity contribution is -0.117. The Bertz CT molecular complexity index is 914. The van der Waals surface area contributed by atoms with Gasteiger partial charge in [-0.15, -0.1) is 0 Å². The average molecular weight is 473 g/mol. The summed E-state index contributed by atoms with van der Waals surface area (Å²) in [6.07, 6.45) is 2.77. The molecular weight excluding hydrogens is 440 g/mol. The molecule has 172 valence electrons. The van der Waals surface area contributed by atoms with Crippen LogP contribution in [0.25, 0.3) is 0 Å². The lowest BCUT2D eigenvalue weighted by Gasteiger charge is -2.25. The Morgan fingerprint density at radius 1 is 0.969 bits per heavy atom.